The third-order valence-electron chi connectivity index (χ3n) is 5.57. The van der Waals surface area contributed by atoms with Crippen molar-refractivity contribution in [2.45, 2.75) is 33.7 Å². The summed E-state index contributed by atoms with van der Waals surface area (Å²) in [6.45, 7) is 9.63. The molecule has 0 saturated carbocycles. The lowest BCUT2D eigenvalue weighted by Gasteiger charge is -2.22. The molecule has 7 nitrogen and oxygen atoms in total. The normalized spacial score (nSPS) is 15.0. The Kier molecular flexibility index (Phi) is 7.15. The van der Waals surface area contributed by atoms with Crippen molar-refractivity contribution in [1.82, 2.24) is 14.8 Å². The van der Waals surface area contributed by atoms with Gasteiger partial charge >= 0.3 is 5.97 Å². The van der Waals surface area contributed by atoms with Crippen molar-refractivity contribution in [3.8, 4) is 5.75 Å². The van der Waals surface area contributed by atoms with Crippen molar-refractivity contribution in [2.75, 3.05) is 39.9 Å². The molecule has 1 aromatic heterocycles. The van der Waals surface area contributed by atoms with Crippen molar-refractivity contribution in [3.05, 3.63) is 52.3 Å². The molecule has 0 bridgehead atoms. The van der Waals surface area contributed by atoms with Gasteiger partial charge in [-0.15, -0.1) is 0 Å². The number of methoxy groups -OCH3 is 1. The monoisotopic (exact) mass is 413 g/mol. The summed E-state index contributed by atoms with van der Waals surface area (Å²) in [4.78, 5) is 32.8. The molecule has 162 valence electrons. The number of nitrogens with zero attached hydrogens (tertiary/aromatic N) is 2. The molecule has 2 heterocycles. The number of esters is 1. The van der Waals surface area contributed by atoms with E-state index >= 15 is 0 Å². The van der Waals surface area contributed by atoms with E-state index in [1.54, 1.807) is 27.9 Å². The van der Waals surface area contributed by atoms with E-state index in [2.05, 4.69) is 22.0 Å². The number of nitrogens with one attached hydrogen (secondary N) is 1. The van der Waals surface area contributed by atoms with E-state index in [1.807, 2.05) is 17.0 Å². The van der Waals surface area contributed by atoms with Gasteiger partial charge in [0.15, 0.2) is 0 Å². The fraction of sp³-hybridized carbons (Fsp3) is 0.478. The molecule has 0 radical (unpaired) electrons. The van der Waals surface area contributed by atoms with Gasteiger partial charge in [-0.2, -0.15) is 0 Å². The van der Waals surface area contributed by atoms with Gasteiger partial charge in [-0.05, 0) is 50.5 Å². The van der Waals surface area contributed by atoms with E-state index in [0.717, 1.165) is 31.8 Å². The lowest BCUT2D eigenvalue weighted by Crippen LogP contribution is -2.35. The summed E-state index contributed by atoms with van der Waals surface area (Å²) in [5, 5.41) is 0. The standard InChI is InChI=1S/C23H31N3O4/c1-5-30-23(28)20-16(2)21(24-17(20)3)22(27)26-12-6-11-25(13-14-26)15-18-7-9-19(29-4)10-8-18/h7-10,24H,5-6,11-15H2,1-4H3. The molecule has 1 aromatic carbocycles. The van der Waals surface area contributed by atoms with Crippen LogP contribution in [0.15, 0.2) is 24.3 Å². The van der Waals surface area contributed by atoms with Gasteiger partial charge < -0.3 is 19.4 Å². The van der Waals surface area contributed by atoms with Crippen molar-refractivity contribution in [3.63, 3.8) is 0 Å². The second-order valence-electron chi connectivity index (χ2n) is 7.62. The number of hydrogen-bond donors (Lipinski definition) is 1. The molecule has 1 fully saturated rings. The molecule has 1 N–H and O–H groups in total. The van der Waals surface area contributed by atoms with Crippen molar-refractivity contribution in [2.24, 2.45) is 0 Å². The van der Waals surface area contributed by atoms with Gasteiger partial charge in [-0.25, -0.2) is 4.79 Å². The van der Waals surface area contributed by atoms with Crippen molar-refractivity contribution < 1.29 is 19.1 Å². The van der Waals surface area contributed by atoms with E-state index in [4.69, 9.17) is 9.47 Å². The molecule has 1 aliphatic heterocycles. The first-order valence-corrected chi connectivity index (χ1v) is 10.5. The molecular weight excluding hydrogens is 382 g/mol. The van der Waals surface area contributed by atoms with Crippen LogP contribution >= 0.6 is 0 Å². The first-order valence-electron chi connectivity index (χ1n) is 10.5. The zero-order valence-electron chi connectivity index (χ0n) is 18.3. The third kappa shape index (κ3) is 4.84. The Morgan fingerprint density at radius 1 is 1.07 bits per heavy atom. The molecule has 1 amide bonds. The Bertz CT molecular complexity index is 889. The van der Waals surface area contributed by atoms with Crippen molar-refractivity contribution >= 4 is 11.9 Å². The fourth-order valence-electron chi connectivity index (χ4n) is 3.95. The fourth-order valence-corrected chi connectivity index (χ4v) is 3.95. The quantitative estimate of drug-likeness (QED) is 0.737. The summed E-state index contributed by atoms with van der Waals surface area (Å²) < 4.78 is 10.4. The van der Waals surface area contributed by atoms with Gasteiger partial charge in [0.2, 0.25) is 0 Å². The molecular formula is C23H31N3O4. The van der Waals surface area contributed by atoms with Gasteiger partial charge in [0.05, 0.1) is 19.3 Å². The minimum atomic E-state index is -0.385. The maximum absolute atomic E-state index is 13.2. The first kappa shape index (κ1) is 21.9. The molecule has 0 spiro atoms. The SMILES string of the molecule is CCOC(=O)c1c(C)[nH]c(C(=O)N2CCCN(Cc3ccc(OC)cc3)CC2)c1C. The van der Waals surface area contributed by atoms with E-state index in [0.29, 0.717) is 42.2 Å². The minimum Gasteiger partial charge on any atom is -0.497 e. The third-order valence-corrected chi connectivity index (χ3v) is 5.57. The number of amides is 1. The number of carbonyl (C=O) groups excluding carboxylic acids is 2. The van der Waals surface area contributed by atoms with E-state index < -0.39 is 0 Å². The number of aromatic nitrogens is 1. The molecule has 3 rings (SSSR count). The number of benzene rings is 1. The summed E-state index contributed by atoms with van der Waals surface area (Å²) >= 11 is 0. The van der Waals surface area contributed by atoms with Crippen LogP contribution in [0.1, 0.15) is 51.0 Å². The second kappa shape index (κ2) is 9.80. The lowest BCUT2D eigenvalue weighted by molar-refractivity contribution is 0.0525. The van der Waals surface area contributed by atoms with Gasteiger partial charge in [0, 0.05) is 38.4 Å². The van der Waals surface area contributed by atoms with Gasteiger partial charge in [-0.1, -0.05) is 12.1 Å². The second-order valence-corrected chi connectivity index (χ2v) is 7.62. The predicted molar refractivity (Wildman–Crippen MR) is 115 cm³/mol. The maximum Gasteiger partial charge on any atom is 0.340 e. The number of aryl methyl sites for hydroxylation is 1. The van der Waals surface area contributed by atoms with Crippen LogP contribution in [0.3, 0.4) is 0 Å². The van der Waals surface area contributed by atoms with Crippen LogP contribution in [0.4, 0.5) is 0 Å². The summed E-state index contributed by atoms with van der Waals surface area (Å²) in [7, 11) is 1.67. The van der Waals surface area contributed by atoms with Crippen LogP contribution in [-0.4, -0.2) is 66.6 Å². The summed E-state index contributed by atoms with van der Waals surface area (Å²) in [5.74, 6) is 0.409. The highest BCUT2D eigenvalue weighted by Gasteiger charge is 2.27. The van der Waals surface area contributed by atoms with Crippen LogP contribution < -0.4 is 4.74 Å². The number of rotatable bonds is 6. The number of ether oxygens (including phenoxy) is 2. The first-order chi connectivity index (χ1) is 14.4. The van der Waals surface area contributed by atoms with Crippen LogP contribution in [0.2, 0.25) is 0 Å². The molecule has 0 aliphatic carbocycles. The van der Waals surface area contributed by atoms with Crippen LogP contribution in [-0.2, 0) is 11.3 Å². The Labute approximate surface area is 178 Å². The molecule has 1 saturated heterocycles. The van der Waals surface area contributed by atoms with Crippen LogP contribution in [0.25, 0.3) is 0 Å². The van der Waals surface area contributed by atoms with Crippen LogP contribution in [0, 0.1) is 13.8 Å². The molecule has 0 atom stereocenters. The smallest absolute Gasteiger partial charge is 0.340 e. The summed E-state index contributed by atoms with van der Waals surface area (Å²) in [6.07, 6.45) is 0.908. The maximum atomic E-state index is 13.2. The van der Waals surface area contributed by atoms with Gasteiger partial charge in [0.1, 0.15) is 11.4 Å². The number of H-pyrrole nitrogens is 1. The Balaban J connectivity index is 1.65. The highest BCUT2D eigenvalue weighted by atomic mass is 16.5. The zero-order valence-corrected chi connectivity index (χ0v) is 18.3. The molecule has 30 heavy (non-hydrogen) atoms. The molecule has 1 aliphatic rings. The van der Waals surface area contributed by atoms with Gasteiger partial charge in [0.25, 0.3) is 5.91 Å². The number of carbonyl (C=O) groups is 2. The highest BCUT2D eigenvalue weighted by Crippen LogP contribution is 2.21. The topological polar surface area (TPSA) is 74.9 Å². The zero-order chi connectivity index (χ0) is 21.7. The average molecular weight is 414 g/mol. The minimum absolute atomic E-state index is 0.0579. The summed E-state index contributed by atoms with van der Waals surface area (Å²) in [6, 6.07) is 8.10. The van der Waals surface area contributed by atoms with E-state index in [-0.39, 0.29) is 11.9 Å². The Morgan fingerprint density at radius 2 is 1.80 bits per heavy atom. The average Bonchev–Trinajstić information content (AvgIpc) is 2.89. The molecule has 2 aromatic rings. The Hall–Kier alpha value is -2.80. The predicted octanol–water partition coefficient (Wildman–Crippen LogP) is 3.16. The molecule has 7 heteroatoms. The van der Waals surface area contributed by atoms with E-state index in [9.17, 15) is 9.59 Å². The van der Waals surface area contributed by atoms with E-state index in [1.165, 1.54) is 5.56 Å². The largest absolute Gasteiger partial charge is 0.497 e. The number of hydrogen-bond acceptors (Lipinski definition) is 5. The van der Waals surface area contributed by atoms with Gasteiger partial charge in [-0.3, -0.25) is 9.69 Å². The lowest BCUT2D eigenvalue weighted by atomic mass is 10.1. The molecule has 0 unspecified atom stereocenters. The van der Waals surface area contributed by atoms with Crippen LogP contribution in [0.5, 0.6) is 5.75 Å². The number of aromatic amines is 1. The van der Waals surface area contributed by atoms with Crippen molar-refractivity contribution in [1.29, 1.82) is 0 Å². The summed E-state index contributed by atoms with van der Waals surface area (Å²) in [5.41, 5.74) is 3.52. The Morgan fingerprint density at radius 3 is 2.47 bits per heavy atom. The highest BCUT2D eigenvalue weighted by molar-refractivity contribution is 6.00.